The van der Waals surface area contributed by atoms with Crippen molar-refractivity contribution in [2.75, 3.05) is 25.0 Å². The molecule has 19 heavy (non-hydrogen) atoms. The van der Waals surface area contributed by atoms with Crippen LogP contribution >= 0.6 is 0 Å². The summed E-state index contributed by atoms with van der Waals surface area (Å²) < 4.78 is 5.52. The van der Waals surface area contributed by atoms with E-state index < -0.39 is 0 Å². The van der Waals surface area contributed by atoms with Gasteiger partial charge in [-0.3, -0.25) is 4.79 Å². The molecule has 1 aliphatic heterocycles. The first-order valence-corrected chi connectivity index (χ1v) is 7.04. The van der Waals surface area contributed by atoms with Gasteiger partial charge in [-0.05, 0) is 37.6 Å². The van der Waals surface area contributed by atoms with E-state index in [9.17, 15) is 4.79 Å². The number of rotatable bonds is 6. The second-order valence-corrected chi connectivity index (χ2v) is 4.77. The highest BCUT2D eigenvalue weighted by molar-refractivity contribution is 6.01. The van der Waals surface area contributed by atoms with Crippen LogP contribution in [0.1, 0.15) is 37.0 Å². The average molecular weight is 262 g/mol. The molecule has 1 heterocycles. The summed E-state index contributed by atoms with van der Waals surface area (Å²) >= 11 is 0. The molecule has 0 saturated heterocycles. The summed E-state index contributed by atoms with van der Waals surface area (Å²) in [6, 6.07) is 5.53. The topological polar surface area (TPSA) is 50.4 Å². The van der Waals surface area contributed by atoms with Crippen molar-refractivity contribution < 1.29 is 9.53 Å². The third-order valence-corrected chi connectivity index (χ3v) is 3.30. The minimum Gasteiger partial charge on any atom is -0.490 e. The zero-order valence-electron chi connectivity index (χ0n) is 11.7. The molecule has 0 bridgehead atoms. The molecule has 104 valence electrons. The SMILES string of the molecule is CCCNC(CC)C(=O)c1ccc2c(c1)NCCO2. The third-order valence-electron chi connectivity index (χ3n) is 3.30. The van der Waals surface area contributed by atoms with Crippen LogP contribution < -0.4 is 15.4 Å². The lowest BCUT2D eigenvalue weighted by molar-refractivity contribution is 0.0941. The molecule has 0 fully saturated rings. The largest absolute Gasteiger partial charge is 0.490 e. The van der Waals surface area contributed by atoms with Gasteiger partial charge in [0.2, 0.25) is 0 Å². The molecule has 2 rings (SSSR count). The zero-order valence-corrected chi connectivity index (χ0v) is 11.7. The Morgan fingerprint density at radius 2 is 2.32 bits per heavy atom. The quantitative estimate of drug-likeness (QED) is 0.773. The molecule has 0 aliphatic carbocycles. The second kappa shape index (κ2) is 6.57. The van der Waals surface area contributed by atoms with E-state index in [2.05, 4.69) is 17.6 Å². The Bertz CT molecular complexity index is 446. The molecular weight excluding hydrogens is 240 g/mol. The van der Waals surface area contributed by atoms with E-state index in [-0.39, 0.29) is 11.8 Å². The van der Waals surface area contributed by atoms with Crippen molar-refractivity contribution >= 4 is 11.5 Å². The summed E-state index contributed by atoms with van der Waals surface area (Å²) in [7, 11) is 0. The van der Waals surface area contributed by atoms with Crippen molar-refractivity contribution in [3.05, 3.63) is 23.8 Å². The normalized spacial score (nSPS) is 15.1. The molecule has 1 aliphatic rings. The van der Waals surface area contributed by atoms with E-state index in [1.54, 1.807) is 0 Å². The number of benzene rings is 1. The van der Waals surface area contributed by atoms with E-state index in [1.165, 1.54) is 0 Å². The molecule has 0 radical (unpaired) electrons. The van der Waals surface area contributed by atoms with E-state index in [4.69, 9.17) is 4.74 Å². The number of Topliss-reactive ketones (excluding diaryl/α,β-unsaturated/α-hetero) is 1. The summed E-state index contributed by atoms with van der Waals surface area (Å²) in [5.74, 6) is 0.989. The summed E-state index contributed by atoms with van der Waals surface area (Å²) in [6.07, 6.45) is 1.84. The lowest BCUT2D eigenvalue weighted by Gasteiger charge is -2.21. The van der Waals surface area contributed by atoms with Crippen LogP contribution in [0.2, 0.25) is 0 Å². The first kappa shape index (κ1) is 13.9. The zero-order chi connectivity index (χ0) is 13.7. The number of ketones is 1. The van der Waals surface area contributed by atoms with Gasteiger partial charge >= 0.3 is 0 Å². The molecule has 1 atom stereocenters. The van der Waals surface area contributed by atoms with Gasteiger partial charge in [0.05, 0.1) is 11.7 Å². The summed E-state index contributed by atoms with van der Waals surface area (Å²) in [6.45, 7) is 6.47. The summed E-state index contributed by atoms with van der Waals surface area (Å²) in [5, 5.41) is 6.56. The second-order valence-electron chi connectivity index (χ2n) is 4.77. The molecule has 0 amide bonds. The van der Waals surface area contributed by atoms with Gasteiger partial charge in [0.1, 0.15) is 12.4 Å². The fourth-order valence-corrected chi connectivity index (χ4v) is 2.24. The number of anilines is 1. The molecule has 1 unspecified atom stereocenters. The number of hydrogen-bond acceptors (Lipinski definition) is 4. The van der Waals surface area contributed by atoms with Crippen LogP contribution in [-0.2, 0) is 0 Å². The van der Waals surface area contributed by atoms with Crippen molar-refractivity contribution in [3.8, 4) is 5.75 Å². The smallest absolute Gasteiger partial charge is 0.179 e. The van der Waals surface area contributed by atoms with Crippen molar-refractivity contribution in [1.29, 1.82) is 0 Å². The molecule has 1 aromatic carbocycles. The fraction of sp³-hybridized carbons (Fsp3) is 0.533. The van der Waals surface area contributed by atoms with Crippen molar-refractivity contribution in [2.45, 2.75) is 32.7 Å². The van der Waals surface area contributed by atoms with Gasteiger partial charge in [-0.25, -0.2) is 0 Å². The van der Waals surface area contributed by atoms with Crippen LogP contribution in [0, 0.1) is 0 Å². The third kappa shape index (κ3) is 3.26. The molecule has 0 aromatic heterocycles. The number of ether oxygens (including phenoxy) is 1. The number of carbonyl (C=O) groups is 1. The predicted molar refractivity (Wildman–Crippen MR) is 77.1 cm³/mol. The maximum absolute atomic E-state index is 12.4. The summed E-state index contributed by atoms with van der Waals surface area (Å²) in [5.41, 5.74) is 1.66. The van der Waals surface area contributed by atoms with Crippen molar-refractivity contribution in [2.24, 2.45) is 0 Å². The highest BCUT2D eigenvalue weighted by Crippen LogP contribution is 2.28. The lowest BCUT2D eigenvalue weighted by Crippen LogP contribution is -2.36. The summed E-state index contributed by atoms with van der Waals surface area (Å²) in [4.78, 5) is 12.4. The number of carbonyl (C=O) groups excluding carboxylic acids is 1. The molecule has 0 saturated carbocycles. The van der Waals surface area contributed by atoms with Crippen LogP contribution in [0.3, 0.4) is 0 Å². The number of nitrogens with one attached hydrogen (secondary N) is 2. The molecular formula is C15H22N2O2. The Morgan fingerprint density at radius 1 is 1.47 bits per heavy atom. The maximum Gasteiger partial charge on any atom is 0.179 e. The van der Waals surface area contributed by atoms with Crippen LogP contribution in [0.4, 0.5) is 5.69 Å². The highest BCUT2D eigenvalue weighted by atomic mass is 16.5. The van der Waals surface area contributed by atoms with Gasteiger partial charge in [0.25, 0.3) is 0 Å². The highest BCUT2D eigenvalue weighted by Gasteiger charge is 2.19. The Balaban J connectivity index is 2.13. The van der Waals surface area contributed by atoms with E-state index in [1.807, 2.05) is 25.1 Å². The Kier molecular flexibility index (Phi) is 4.80. The van der Waals surface area contributed by atoms with Gasteiger partial charge < -0.3 is 15.4 Å². The standard InChI is InChI=1S/C15H22N2O2/c1-3-7-16-12(4-2)15(18)11-5-6-14-13(10-11)17-8-9-19-14/h5-6,10,12,16-17H,3-4,7-9H2,1-2H3. The Labute approximate surface area is 114 Å². The van der Waals surface area contributed by atoms with E-state index in [0.717, 1.165) is 42.9 Å². The molecule has 1 aromatic rings. The average Bonchev–Trinajstić information content (AvgIpc) is 2.47. The fourth-order valence-electron chi connectivity index (χ4n) is 2.24. The van der Waals surface area contributed by atoms with Crippen molar-refractivity contribution in [3.63, 3.8) is 0 Å². The van der Waals surface area contributed by atoms with Crippen LogP contribution in [-0.4, -0.2) is 31.5 Å². The first-order valence-electron chi connectivity index (χ1n) is 7.04. The maximum atomic E-state index is 12.4. The molecule has 4 nitrogen and oxygen atoms in total. The van der Waals surface area contributed by atoms with E-state index >= 15 is 0 Å². The Hall–Kier alpha value is -1.55. The van der Waals surface area contributed by atoms with Crippen LogP contribution in [0.15, 0.2) is 18.2 Å². The minimum atomic E-state index is -0.0949. The van der Waals surface area contributed by atoms with Gasteiger partial charge in [-0.15, -0.1) is 0 Å². The number of fused-ring (bicyclic) bond motifs is 1. The minimum absolute atomic E-state index is 0.0949. The lowest BCUT2D eigenvalue weighted by atomic mass is 10.0. The number of hydrogen-bond donors (Lipinski definition) is 2. The van der Waals surface area contributed by atoms with Crippen molar-refractivity contribution in [1.82, 2.24) is 5.32 Å². The Morgan fingerprint density at radius 3 is 3.05 bits per heavy atom. The predicted octanol–water partition coefficient (Wildman–Crippen LogP) is 2.45. The van der Waals surface area contributed by atoms with Gasteiger partial charge in [0, 0.05) is 12.1 Å². The molecule has 0 spiro atoms. The van der Waals surface area contributed by atoms with Gasteiger partial charge in [0.15, 0.2) is 5.78 Å². The molecule has 4 heteroatoms. The van der Waals surface area contributed by atoms with Crippen LogP contribution in [0.5, 0.6) is 5.75 Å². The first-order chi connectivity index (χ1) is 9.26. The monoisotopic (exact) mass is 262 g/mol. The molecule has 2 N–H and O–H groups in total. The van der Waals surface area contributed by atoms with Crippen LogP contribution in [0.25, 0.3) is 0 Å². The van der Waals surface area contributed by atoms with Gasteiger partial charge in [-0.2, -0.15) is 0 Å². The van der Waals surface area contributed by atoms with Gasteiger partial charge in [-0.1, -0.05) is 13.8 Å². The van der Waals surface area contributed by atoms with E-state index in [0.29, 0.717) is 6.61 Å².